The van der Waals surface area contributed by atoms with Crippen LogP contribution < -0.4 is 10.6 Å². The predicted octanol–water partition coefficient (Wildman–Crippen LogP) is 0.387. The second-order valence-electron chi connectivity index (χ2n) is 5.10. The largest absolute Gasteiger partial charge is 0.481 e. The zero-order valence-electron chi connectivity index (χ0n) is 10.5. The lowest BCUT2D eigenvalue weighted by Gasteiger charge is -2.35. The minimum absolute atomic E-state index is 0.0332. The number of carboxylic acids is 1. The first-order chi connectivity index (χ1) is 8.65. The lowest BCUT2D eigenvalue weighted by molar-refractivity contribution is -0.136. The van der Waals surface area contributed by atoms with E-state index >= 15 is 0 Å². The summed E-state index contributed by atoms with van der Waals surface area (Å²) in [5.74, 6) is -0.894. The number of amides is 2. The van der Waals surface area contributed by atoms with Crippen molar-refractivity contribution in [2.24, 2.45) is 0 Å². The Bertz CT molecular complexity index is 322. The fourth-order valence-electron chi connectivity index (χ4n) is 2.87. The highest BCUT2D eigenvalue weighted by molar-refractivity contribution is 5.75. The molecule has 2 aliphatic heterocycles. The number of nitrogens with one attached hydrogen (secondary N) is 2. The topological polar surface area (TPSA) is 81.7 Å². The Balaban J connectivity index is 1.66. The van der Waals surface area contributed by atoms with Gasteiger partial charge in [0.25, 0.3) is 0 Å². The van der Waals surface area contributed by atoms with Crippen LogP contribution in [0.3, 0.4) is 0 Å². The second kappa shape index (κ2) is 6.04. The molecule has 3 N–H and O–H groups in total. The van der Waals surface area contributed by atoms with Gasteiger partial charge in [-0.15, -0.1) is 0 Å². The summed E-state index contributed by atoms with van der Waals surface area (Å²) < 4.78 is 0. The number of piperidine rings is 1. The van der Waals surface area contributed by atoms with E-state index in [0.717, 1.165) is 19.4 Å². The lowest BCUT2D eigenvalue weighted by atomic mass is 9.98. The minimum atomic E-state index is -0.894. The van der Waals surface area contributed by atoms with Gasteiger partial charge in [-0.3, -0.25) is 4.79 Å². The first kappa shape index (κ1) is 13.1. The smallest absolute Gasteiger partial charge is 0.315 e. The summed E-state index contributed by atoms with van der Waals surface area (Å²) in [5.41, 5.74) is 0. The van der Waals surface area contributed by atoms with Gasteiger partial charge in [-0.2, -0.15) is 0 Å². The molecule has 0 spiro atoms. The van der Waals surface area contributed by atoms with Gasteiger partial charge in [0, 0.05) is 25.2 Å². The number of urea groups is 1. The summed E-state index contributed by atoms with van der Waals surface area (Å²) in [4.78, 5) is 24.4. The van der Waals surface area contributed by atoms with E-state index in [4.69, 9.17) is 5.11 Å². The molecule has 2 unspecified atom stereocenters. The number of carbonyl (C=O) groups excluding carboxylic acids is 1. The summed E-state index contributed by atoms with van der Waals surface area (Å²) >= 11 is 0. The third-order valence-corrected chi connectivity index (χ3v) is 3.78. The number of nitrogens with zero attached hydrogens (tertiary/aromatic N) is 1. The highest BCUT2D eigenvalue weighted by Gasteiger charge is 2.32. The second-order valence-corrected chi connectivity index (χ2v) is 5.10. The Morgan fingerprint density at radius 1 is 1.28 bits per heavy atom. The van der Waals surface area contributed by atoms with E-state index in [1.807, 2.05) is 0 Å². The molecule has 2 aliphatic rings. The van der Waals surface area contributed by atoms with Gasteiger partial charge in [0.2, 0.25) is 0 Å². The molecule has 2 fully saturated rings. The Hall–Kier alpha value is -1.30. The zero-order valence-corrected chi connectivity index (χ0v) is 10.5. The molecule has 0 aromatic heterocycles. The van der Waals surface area contributed by atoms with E-state index in [1.54, 1.807) is 0 Å². The number of hydrogen-bond donors (Lipinski definition) is 3. The third-order valence-electron chi connectivity index (χ3n) is 3.78. The molecule has 0 saturated carbocycles. The van der Waals surface area contributed by atoms with E-state index in [-0.39, 0.29) is 25.0 Å². The standard InChI is InChI=1S/C12H21N3O3/c16-11(17)3-5-13-12(18)14-9-4-7-15-6-1-2-10(15)8-9/h9-10H,1-8H2,(H,16,17)(H2,13,14,18). The number of carboxylic acid groups (broad SMARTS) is 1. The van der Waals surface area contributed by atoms with Crippen molar-refractivity contribution in [3.05, 3.63) is 0 Å². The first-order valence-electron chi connectivity index (χ1n) is 6.65. The van der Waals surface area contributed by atoms with Gasteiger partial charge >= 0.3 is 12.0 Å². The summed E-state index contributed by atoms with van der Waals surface area (Å²) in [7, 11) is 0. The number of fused-ring (bicyclic) bond motifs is 1. The Morgan fingerprint density at radius 2 is 2.11 bits per heavy atom. The van der Waals surface area contributed by atoms with Crippen molar-refractivity contribution in [2.75, 3.05) is 19.6 Å². The molecule has 0 aromatic carbocycles. The SMILES string of the molecule is O=C(O)CCNC(=O)NC1CCN2CCCC2C1. The monoisotopic (exact) mass is 255 g/mol. The molecule has 0 aromatic rings. The highest BCUT2D eigenvalue weighted by Crippen LogP contribution is 2.26. The number of aliphatic carboxylic acids is 1. The molecule has 0 bridgehead atoms. The molecule has 6 heteroatoms. The first-order valence-corrected chi connectivity index (χ1v) is 6.65. The molecule has 2 saturated heterocycles. The molecule has 18 heavy (non-hydrogen) atoms. The maximum atomic E-state index is 11.6. The van der Waals surface area contributed by atoms with Crippen LogP contribution in [0.15, 0.2) is 0 Å². The Kier molecular flexibility index (Phi) is 4.41. The third kappa shape index (κ3) is 3.60. The summed E-state index contributed by atoms with van der Waals surface area (Å²) in [6.45, 7) is 2.44. The van der Waals surface area contributed by atoms with Crippen LogP contribution in [-0.2, 0) is 4.79 Å². The summed E-state index contributed by atoms with van der Waals surface area (Å²) in [6.07, 6.45) is 4.48. The fraction of sp³-hybridized carbons (Fsp3) is 0.833. The van der Waals surface area contributed by atoms with Crippen molar-refractivity contribution >= 4 is 12.0 Å². The van der Waals surface area contributed by atoms with Crippen LogP contribution in [0.25, 0.3) is 0 Å². The summed E-state index contributed by atoms with van der Waals surface area (Å²) in [5, 5.41) is 14.0. The van der Waals surface area contributed by atoms with Gasteiger partial charge in [0.15, 0.2) is 0 Å². The van der Waals surface area contributed by atoms with Crippen LogP contribution in [0.5, 0.6) is 0 Å². The van der Waals surface area contributed by atoms with Crippen molar-refractivity contribution < 1.29 is 14.7 Å². The van der Waals surface area contributed by atoms with Crippen LogP contribution in [0.1, 0.15) is 32.1 Å². The van der Waals surface area contributed by atoms with Crippen molar-refractivity contribution in [3.63, 3.8) is 0 Å². The molecular weight excluding hydrogens is 234 g/mol. The van der Waals surface area contributed by atoms with Crippen LogP contribution in [0.4, 0.5) is 4.79 Å². The molecule has 0 aliphatic carbocycles. The normalized spacial score (nSPS) is 27.6. The number of hydrogen-bond acceptors (Lipinski definition) is 3. The average Bonchev–Trinajstić information content (AvgIpc) is 2.75. The van der Waals surface area contributed by atoms with Gasteiger partial charge in [-0.25, -0.2) is 4.79 Å². The molecule has 2 atom stereocenters. The van der Waals surface area contributed by atoms with Gasteiger partial charge in [-0.1, -0.05) is 0 Å². The average molecular weight is 255 g/mol. The lowest BCUT2D eigenvalue weighted by Crippen LogP contribution is -2.50. The predicted molar refractivity (Wildman–Crippen MR) is 66.4 cm³/mol. The Morgan fingerprint density at radius 3 is 2.89 bits per heavy atom. The van der Waals surface area contributed by atoms with E-state index in [2.05, 4.69) is 15.5 Å². The van der Waals surface area contributed by atoms with Crippen molar-refractivity contribution in [3.8, 4) is 0 Å². The van der Waals surface area contributed by atoms with Crippen LogP contribution in [0, 0.1) is 0 Å². The molecule has 102 valence electrons. The molecular formula is C12H21N3O3. The molecule has 2 heterocycles. The van der Waals surface area contributed by atoms with Crippen molar-refractivity contribution in [2.45, 2.75) is 44.2 Å². The maximum absolute atomic E-state index is 11.6. The summed E-state index contributed by atoms with van der Waals surface area (Å²) in [6, 6.07) is 0.616. The van der Waals surface area contributed by atoms with Gasteiger partial charge in [0.05, 0.1) is 6.42 Å². The van der Waals surface area contributed by atoms with E-state index in [9.17, 15) is 9.59 Å². The fourth-order valence-corrected chi connectivity index (χ4v) is 2.87. The molecule has 6 nitrogen and oxygen atoms in total. The highest BCUT2D eigenvalue weighted by atomic mass is 16.4. The van der Waals surface area contributed by atoms with Gasteiger partial charge in [0.1, 0.15) is 0 Å². The van der Waals surface area contributed by atoms with Crippen LogP contribution in [0.2, 0.25) is 0 Å². The van der Waals surface area contributed by atoms with Gasteiger partial charge < -0.3 is 20.6 Å². The van der Waals surface area contributed by atoms with E-state index < -0.39 is 5.97 Å². The number of carbonyl (C=O) groups is 2. The molecule has 2 rings (SSSR count). The molecule has 2 amide bonds. The number of rotatable bonds is 4. The zero-order chi connectivity index (χ0) is 13.0. The van der Waals surface area contributed by atoms with Crippen LogP contribution >= 0.6 is 0 Å². The van der Waals surface area contributed by atoms with Gasteiger partial charge in [-0.05, 0) is 32.2 Å². The van der Waals surface area contributed by atoms with E-state index in [0.29, 0.717) is 6.04 Å². The van der Waals surface area contributed by atoms with Crippen molar-refractivity contribution in [1.29, 1.82) is 0 Å². The van der Waals surface area contributed by atoms with Crippen molar-refractivity contribution in [1.82, 2.24) is 15.5 Å². The van der Waals surface area contributed by atoms with E-state index in [1.165, 1.54) is 19.4 Å². The van der Waals surface area contributed by atoms with Crippen LogP contribution in [-0.4, -0.2) is 53.7 Å². The Labute approximate surface area is 107 Å². The maximum Gasteiger partial charge on any atom is 0.315 e. The molecule has 0 radical (unpaired) electrons. The minimum Gasteiger partial charge on any atom is -0.481 e. The quantitative estimate of drug-likeness (QED) is 0.678.